The molecule has 0 saturated heterocycles. The lowest BCUT2D eigenvalue weighted by molar-refractivity contribution is 1.11. The molecule has 0 radical (unpaired) electrons. The first-order valence-corrected chi connectivity index (χ1v) is 8.16. The molecule has 2 aromatic carbocycles. The summed E-state index contributed by atoms with van der Waals surface area (Å²) in [6.45, 7) is 4.03. The van der Waals surface area contributed by atoms with E-state index in [2.05, 4.69) is 37.9 Å². The molecule has 0 aromatic heterocycles. The van der Waals surface area contributed by atoms with E-state index in [1.807, 2.05) is 38.1 Å². The molecule has 0 saturated carbocycles. The lowest BCUT2D eigenvalue weighted by Gasteiger charge is -2.15. The minimum absolute atomic E-state index is 0.232. The van der Waals surface area contributed by atoms with Crippen molar-refractivity contribution >= 4 is 55.1 Å². The van der Waals surface area contributed by atoms with Crippen molar-refractivity contribution in [3.63, 3.8) is 0 Å². The second-order valence-electron chi connectivity index (χ2n) is 4.49. The highest BCUT2D eigenvalue weighted by Gasteiger charge is 2.16. The Balaban J connectivity index is 2.46. The van der Waals surface area contributed by atoms with Crippen LogP contribution in [0.2, 0.25) is 5.02 Å². The number of hydrogen-bond acceptors (Lipinski definition) is 0. The fourth-order valence-corrected chi connectivity index (χ4v) is 3.49. The number of rotatable bonds is 2. The highest BCUT2D eigenvalue weighted by atomic mass is 79.9. The monoisotopic (exact) mass is 420 g/mol. The zero-order valence-corrected chi connectivity index (χ0v) is 15.2. The third kappa shape index (κ3) is 3.36. The van der Waals surface area contributed by atoms with Gasteiger partial charge in [0.1, 0.15) is 0 Å². The highest BCUT2D eigenvalue weighted by molar-refractivity contribution is 9.11. The predicted molar refractivity (Wildman–Crippen MR) is 90.5 cm³/mol. The van der Waals surface area contributed by atoms with Gasteiger partial charge in [-0.05, 0) is 54.3 Å². The minimum atomic E-state index is -0.232. The van der Waals surface area contributed by atoms with Gasteiger partial charge in [-0.15, -0.1) is 11.6 Å². The Morgan fingerprint density at radius 2 is 1.63 bits per heavy atom. The van der Waals surface area contributed by atoms with Gasteiger partial charge in [0.05, 0.1) is 5.38 Å². The first-order chi connectivity index (χ1) is 8.90. The molecule has 0 spiro atoms. The van der Waals surface area contributed by atoms with Gasteiger partial charge in [0.25, 0.3) is 0 Å². The van der Waals surface area contributed by atoms with Crippen LogP contribution in [0.4, 0.5) is 0 Å². The minimum Gasteiger partial charge on any atom is -0.113 e. The summed E-state index contributed by atoms with van der Waals surface area (Å²) in [5.74, 6) is 0. The van der Waals surface area contributed by atoms with Crippen LogP contribution in [0.1, 0.15) is 27.6 Å². The summed E-state index contributed by atoms with van der Waals surface area (Å²) in [5.41, 5.74) is 4.24. The molecule has 1 unspecified atom stereocenters. The molecule has 0 bridgehead atoms. The summed E-state index contributed by atoms with van der Waals surface area (Å²) in [4.78, 5) is 0. The van der Waals surface area contributed by atoms with Gasteiger partial charge in [-0.25, -0.2) is 0 Å². The van der Waals surface area contributed by atoms with Gasteiger partial charge >= 0.3 is 0 Å². The molecule has 0 nitrogen and oxygen atoms in total. The molecule has 0 aliphatic rings. The third-order valence-corrected chi connectivity index (χ3v) is 5.47. The number of benzene rings is 2. The fourth-order valence-electron chi connectivity index (χ4n) is 1.80. The highest BCUT2D eigenvalue weighted by Crippen LogP contribution is 2.37. The van der Waals surface area contributed by atoms with Gasteiger partial charge in [-0.3, -0.25) is 0 Å². The number of alkyl halides is 1. The van der Waals surface area contributed by atoms with E-state index in [1.165, 1.54) is 5.56 Å². The molecular formula is C15H12Br2Cl2. The smallest absolute Gasteiger partial charge is 0.0847 e. The van der Waals surface area contributed by atoms with Gasteiger partial charge in [-0.2, -0.15) is 0 Å². The largest absolute Gasteiger partial charge is 0.113 e. The fraction of sp³-hybridized carbons (Fsp3) is 0.200. The van der Waals surface area contributed by atoms with E-state index in [-0.39, 0.29) is 5.38 Å². The molecule has 0 amide bonds. The quantitative estimate of drug-likeness (QED) is 0.466. The Morgan fingerprint density at radius 3 is 2.26 bits per heavy atom. The summed E-state index contributed by atoms with van der Waals surface area (Å²) in [6.07, 6.45) is 0. The zero-order chi connectivity index (χ0) is 14.2. The lowest BCUT2D eigenvalue weighted by Crippen LogP contribution is -1.96. The van der Waals surface area contributed by atoms with E-state index in [4.69, 9.17) is 23.2 Å². The molecule has 0 N–H and O–H groups in total. The van der Waals surface area contributed by atoms with Crippen molar-refractivity contribution in [1.29, 1.82) is 0 Å². The summed E-state index contributed by atoms with van der Waals surface area (Å²) >= 11 is 19.9. The molecule has 0 fully saturated rings. The first kappa shape index (κ1) is 15.4. The summed E-state index contributed by atoms with van der Waals surface area (Å²) in [6, 6.07) is 10.0. The van der Waals surface area contributed by atoms with E-state index >= 15 is 0 Å². The van der Waals surface area contributed by atoms with Crippen LogP contribution in [-0.4, -0.2) is 0 Å². The summed E-state index contributed by atoms with van der Waals surface area (Å²) in [5, 5.41) is 0.509. The molecule has 2 aromatic rings. The number of aryl methyl sites for hydroxylation is 2. The van der Waals surface area contributed by atoms with Crippen LogP contribution >= 0.6 is 55.1 Å². The van der Waals surface area contributed by atoms with Gasteiger partial charge in [0.15, 0.2) is 0 Å². The van der Waals surface area contributed by atoms with Crippen molar-refractivity contribution in [3.8, 4) is 0 Å². The van der Waals surface area contributed by atoms with Gasteiger partial charge in [0, 0.05) is 14.0 Å². The molecular weight excluding hydrogens is 411 g/mol. The van der Waals surface area contributed by atoms with E-state index in [9.17, 15) is 0 Å². The van der Waals surface area contributed by atoms with Gasteiger partial charge in [0.2, 0.25) is 0 Å². The van der Waals surface area contributed by atoms with Crippen LogP contribution in [0.3, 0.4) is 0 Å². The maximum Gasteiger partial charge on any atom is 0.0847 e. The first-order valence-electron chi connectivity index (χ1n) is 5.76. The van der Waals surface area contributed by atoms with E-state index in [1.54, 1.807) is 0 Å². The Hall–Kier alpha value is -0.0200. The lowest BCUT2D eigenvalue weighted by atomic mass is 10.0. The molecule has 0 aliphatic carbocycles. The topological polar surface area (TPSA) is 0 Å². The summed E-state index contributed by atoms with van der Waals surface area (Å²) < 4.78 is 2.06. The van der Waals surface area contributed by atoms with Crippen molar-refractivity contribution in [2.75, 3.05) is 0 Å². The van der Waals surface area contributed by atoms with E-state index in [0.29, 0.717) is 0 Å². The van der Waals surface area contributed by atoms with Crippen LogP contribution in [0.25, 0.3) is 0 Å². The second kappa shape index (κ2) is 6.17. The number of hydrogen-bond donors (Lipinski definition) is 0. The van der Waals surface area contributed by atoms with Gasteiger partial charge in [-0.1, -0.05) is 55.6 Å². The Labute approximate surface area is 140 Å². The number of halogens is 4. The van der Waals surface area contributed by atoms with Crippen LogP contribution in [0.5, 0.6) is 0 Å². The van der Waals surface area contributed by atoms with Crippen molar-refractivity contribution in [3.05, 3.63) is 66.6 Å². The van der Waals surface area contributed by atoms with Crippen LogP contribution in [0.15, 0.2) is 39.3 Å². The van der Waals surface area contributed by atoms with E-state index < -0.39 is 0 Å². The normalized spacial score (nSPS) is 12.5. The van der Waals surface area contributed by atoms with E-state index in [0.717, 1.165) is 30.7 Å². The van der Waals surface area contributed by atoms with Gasteiger partial charge < -0.3 is 0 Å². The molecule has 2 rings (SSSR count). The molecule has 0 aliphatic heterocycles. The third-order valence-electron chi connectivity index (χ3n) is 3.04. The Kier molecular flexibility index (Phi) is 4.99. The van der Waals surface area contributed by atoms with Crippen molar-refractivity contribution in [2.24, 2.45) is 0 Å². The average Bonchev–Trinajstić information content (AvgIpc) is 2.36. The molecule has 1 atom stereocenters. The zero-order valence-electron chi connectivity index (χ0n) is 10.5. The second-order valence-corrected chi connectivity index (χ2v) is 7.05. The van der Waals surface area contributed by atoms with Crippen LogP contribution in [0, 0.1) is 13.8 Å². The van der Waals surface area contributed by atoms with Crippen molar-refractivity contribution in [1.82, 2.24) is 0 Å². The van der Waals surface area contributed by atoms with Crippen LogP contribution < -0.4 is 0 Å². The Bertz CT molecular complexity index is 624. The summed E-state index contributed by atoms with van der Waals surface area (Å²) in [7, 11) is 0. The predicted octanol–water partition coefficient (Wildman–Crippen LogP) is 6.81. The van der Waals surface area contributed by atoms with Crippen LogP contribution in [-0.2, 0) is 0 Å². The molecule has 100 valence electrons. The average molecular weight is 423 g/mol. The van der Waals surface area contributed by atoms with Crippen molar-refractivity contribution in [2.45, 2.75) is 19.2 Å². The molecule has 19 heavy (non-hydrogen) atoms. The maximum atomic E-state index is 6.58. The SMILES string of the molecule is Cc1ccc(C(Cl)c2cc(Br)c(C)cc2Br)cc1Cl. The maximum absolute atomic E-state index is 6.58. The van der Waals surface area contributed by atoms with Crippen molar-refractivity contribution < 1.29 is 0 Å². The Morgan fingerprint density at radius 1 is 0.947 bits per heavy atom. The standard InChI is InChI=1S/C15H12Br2Cl2/c1-8-3-4-10(6-14(8)18)15(19)11-7-12(16)9(2)5-13(11)17/h3-7,15H,1-2H3. The molecule has 4 heteroatoms. The molecule has 0 heterocycles.